The van der Waals surface area contributed by atoms with Crippen molar-refractivity contribution in [2.45, 2.75) is 32.7 Å². The van der Waals surface area contributed by atoms with E-state index in [2.05, 4.69) is 23.7 Å². The van der Waals surface area contributed by atoms with Crippen LogP contribution in [0.25, 0.3) is 11.3 Å². The van der Waals surface area contributed by atoms with Gasteiger partial charge in [-0.2, -0.15) is 5.10 Å². The monoisotopic (exact) mass is 481 g/mol. The number of carbonyl (C=O) groups excluding carboxylic acids is 1. The predicted molar refractivity (Wildman–Crippen MR) is 132 cm³/mol. The molecule has 0 radical (unpaired) electrons. The van der Waals surface area contributed by atoms with Crippen molar-refractivity contribution in [3.05, 3.63) is 70.9 Å². The second-order valence-corrected chi connectivity index (χ2v) is 8.45. The van der Waals surface area contributed by atoms with Crippen LogP contribution >= 0.6 is 11.6 Å². The number of carbonyl (C=O) groups is 1. The third-order valence-electron chi connectivity index (χ3n) is 5.74. The van der Waals surface area contributed by atoms with Crippen LogP contribution in [0.3, 0.4) is 0 Å². The Bertz CT molecular complexity index is 1210. The zero-order chi connectivity index (χ0) is 24.2. The van der Waals surface area contributed by atoms with E-state index in [0.29, 0.717) is 58.8 Å². The van der Waals surface area contributed by atoms with Gasteiger partial charge in [0.1, 0.15) is 17.1 Å². The summed E-state index contributed by atoms with van der Waals surface area (Å²) < 4.78 is 11.8. The van der Waals surface area contributed by atoms with Gasteiger partial charge < -0.3 is 19.5 Å². The zero-order valence-electron chi connectivity index (χ0n) is 19.3. The first kappa shape index (κ1) is 23.7. The summed E-state index contributed by atoms with van der Waals surface area (Å²) in [4.78, 5) is 15.0. The summed E-state index contributed by atoms with van der Waals surface area (Å²) in [5.74, 6) is 1.12. The number of benzene rings is 2. The minimum Gasteiger partial charge on any atom is -0.507 e. The molecule has 1 aliphatic rings. The van der Waals surface area contributed by atoms with Gasteiger partial charge in [-0.1, -0.05) is 37.1 Å². The van der Waals surface area contributed by atoms with Crippen molar-refractivity contribution in [1.82, 2.24) is 15.1 Å². The Morgan fingerprint density at radius 2 is 2.03 bits per heavy atom. The van der Waals surface area contributed by atoms with Gasteiger partial charge in [0.2, 0.25) is 0 Å². The number of aromatic amines is 1. The maximum absolute atomic E-state index is 13.3. The fraction of sp³-hybridized carbons (Fsp3) is 0.308. The van der Waals surface area contributed by atoms with Crippen molar-refractivity contribution < 1.29 is 19.4 Å². The fourth-order valence-electron chi connectivity index (χ4n) is 4.18. The smallest absolute Gasteiger partial charge is 0.273 e. The lowest BCUT2D eigenvalue weighted by Gasteiger charge is -2.26. The number of fused-ring (bicyclic) bond motifs is 1. The van der Waals surface area contributed by atoms with Crippen molar-refractivity contribution >= 4 is 17.5 Å². The maximum Gasteiger partial charge on any atom is 0.273 e. The highest BCUT2D eigenvalue weighted by Gasteiger charge is 2.42. The van der Waals surface area contributed by atoms with Gasteiger partial charge in [0.15, 0.2) is 11.5 Å². The molecule has 3 aromatic rings. The van der Waals surface area contributed by atoms with Gasteiger partial charge in [-0.15, -0.1) is 6.58 Å². The first-order valence-corrected chi connectivity index (χ1v) is 11.8. The van der Waals surface area contributed by atoms with E-state index < -0.39 is 6.04 Å². The molecular formula is C26H28ClN3O4. The molecule has 178 valence electrons. The molecule has 8 heteroatoms. The summed E-state index contributed by atoms with van der Waals surface area (Å²) in [5, 5.41) is 18.2. The van der Waals surface area contributed by atoms with Crippen LogP contribution in [0.4, 0.5) is 0 Å². The molecule has 0 saturated carbocycles. The normalized spacial score (nSPS) is 14.9. The molecule has 4 rings (SSSR count). The van der Waals surface area contributed by atoms with Crippen LogP contribution in [0.2, 0.25) is 5.02 Å². The molecule has 7 nitrogen and oxygen atoms in total. The molecule has 2 N–H and O–H groups in total. The fourth-order valence-corrected chi connectivity index (χ4v) is 4.35. The largest absolute Gasteiger partial charge is 0.507 e. The quantitative estimate of drug-likeness (QED) is 0.284. The molecule has 0 saturated heterocycles. The Balaban J connectivity index is 1.84. The van der Waals surface area contributed by atoms with Gasteiger partial charge in [0.05, 0.1) is 19.3 Å². The number of halogens is 1. The highest BCUT2D eigenvalue weighted by Crippen LogP contribution is 2.46. The Labute approximate surface area is 204 Å². The van der Waals surface area contributed by atoms with Crippen molar-refractivity contribution in [2.75, 3.05) is 19.8 Å². The van der Waals surface area contributed by atoms with E-state index in [0.717, 1.165) is 18.4 Å². The Morgan fingerprint density at radius 1 is 1.21 bits per heavy atom. The van der Waals surface area contributed by atoms with E-state index in [4.69, 9.17) is 21.1 Å². The summed E-state index contributed by atoms with van der Waals surface area (Å²) >= 11 is 6.20. The van der Waals surface area contributed by atoms with E-state index in [1.54, 1.807) is 23.1 Å². The van der Waals surface area contributed by atoms with Crippen LogP contribution in [0.1, 0.15) is 54.3 Å². The Morgan fingerprint density at radius 3 is 2.76 bits per heavy atom. The molecule has 34 heavy (non-hydrogen) atoms. The summed E-state index contributed by atoms with van der Waals surface area (Å²) in [6.07, 6.45) is 3.67. The lowest BCUT2D eigenvalue weighted by molar-refractivity contribution is 0.0764. The molecule has 0 fully saturated rings. The van der Waals surface area contributed by atoms with Gasteiger partial charge >= 0.3 is 0 Å². The first-order valence-electron chi connectivity index (χ1n) is 11.4. The zero-order valence-corrected chi connectivity index (χ0v) is 20.1. The summed E-state index contributed by atoms with van der Waals surface area (Å²) in [7, 11) is 0. The minimum atomic E-state index is -0.462. The SMILES string of the molecule is C=CCN1C(=O)c2[nH]nc(-c3cc(Cl)ccc3O)c2C1c1ccc(OCCCC)c(OCC)c1. The number of phenolic OH excluding ortho intramolecular Hbond substituents is 1. The second-order valence-electron chi connectivity index (χ2n) is 8.01. The van der Waals surface area contributed by atoms with Gasteiger partial charge in [-0.05, 0) is 49.2 Å². The summed E-state index contributed by atoms with van der Waals surface area (Å²) in [5.41, 5.74) is 2.81. The van der Waals surface area contributed by atoms with Gasteiger partial charge in [-0.3, -0.25) is 9.89 Å². The van der Waals surface area contributed by atoms with Crippen LogP contribution in [0.15, 0.2) is 49.1 Å². The average Bonchev–Trinajstić information content (AvgIpc) is 3.36. The molecule has 0 spiro atoms. The van der Waals surface area contributed by atoms with Crippen LogP contribution in [-0.2, 0) is 0 Å². The van der Waals surface area contributed by atoms with Gasteiger partial charge in [-0.25, -0.2) is 0 Å². The number of amides is 1. The van der Waals surface area contributed by atoms with Crippen LogP contribution in [0, 0.1) is 0 Å². The predicted octanol–water partition coefficient (Wildman–Crippen LogP) is 5.74. The number of H-pyrrole nitrogens is 1. The van der Waals surface area contributed by atoms with Crippen LogP contribution < -0.4 is 9.47 Å². The number of ether oxygens (including phenoxy) is 2. The van der Waals surface area contributed by atoms with Crippen molar-refractivity contribution in [2.24, 2.45) is 0 Å². The third-order valence-corrected chi connectivity index (χ3v) is 5.98. The molecule has 2 aromatic carbocycles. The van der Waals surface area contributed by atoms with E-state index in [-0.39, 0.29) is 11.7 Å². The average molecular weight is 482 g/mol. The molecule has 1 amide bonds. The molecule has 2 heterocycles. The lowest BCUT2D eigenvalue weighted by Crippen LogP contribution is -2.29. The van der Waals surface area contributed by atoms with E-state index in [1.807, 2.05) is 25.1 Å². The highest BCUT2D eigenvalue weighted by molar-refractivity contribution is 6.31. The lowest BCUT2D eigenvalue weighted by atomic mass is 9.95. The number of hydrogen-bond acceptors (Lipinski definition) is 5. The number of hydrogen-bond donors (Lipinski definition) is 2. The number of rotatable bonds is 10. The second kappa shape index (κ2) is 10.2. The van der Waals surface area contributed by atoms with Crippen LogP contribution in [0.5, 0.6) is 17.2 Å². The van der Waals surface area contributed by atoms with Gasteiger partial charge in [0, 0.05) is 22.7 Å². The topological polar surface area (TPSA) is 87.7 Å². The number of nitrogens with zero attached hydrogens (tertiary/aromatic N) is 2. The molecule has 1 aromatic heterocycles. The molecule has 0 bridgehead atoms. The standard InChI is InChI=1S/C26H28ClN3O4/c1-4-7-13-34-20-11-8-16(14-21(20)33-6-3)25-22-23(18-15-17(27)9-10-19(18)31)28-29-24(22)26(32)30(25)12-5-2/h5,8-11,14-15,25,31H,2,4,6-7,12-13H2,1,3H3,(H,28,29). The minimum absolute atomic E-state index is 0.0294. The molecule has 1 atom stereocenters. The Kier molecular flexibility index (Phi) is 7.12. The number of nitrogens with one attached hydrogen (secondary N) is 1. The molecule has 1 unspecified atom stereocenters. The summed E-state index contributed by atoms with van der Waals surface area (Å²) in [6, 6.07) is 10.0. The van der Waals surface area contributed by atoms with Gasteiger partial charge in [0.25, 0.3) is 5.91 Å². The Hall–Kier alpha value is -3.45. The van der Waals surface area contributed by atoms with Crippen molar-refractivity contribution in [3.63, 3.8) is 0 Å². The highest BCUT2D eigenvalue weighted by atomic mass is 35.5. The maximum atomic E-state index is 13.3. The van der Waals surface area contributed by atoms with Crippen molar-refractivity contribution in [1.29, 1.82) is 0 Å². The number of aromatic hydroxyl groups is 1. The van der Waals surface area contributed by atoms with E-state index in [9.17, 15) is 9.90 Å². The number of unbranched alkanes of at least 4 members (excludes halogenated alkanes) is 1. The number of phenols is 1. The first-order chi connectivity index (χ1) is 16.5. The molecule has 0 aliphatic carbocycles. The van der Waals surface area contributed by atoms with Crippen LogP contribution in [-0.4, -0.2) is 45.9 Å². The number of aromatic nitrogens is 2. The van der Waals surface area contributed by atoms with E-state index >= 15 is 0 Å². The molecule has 1 aliphatic heterocycles. The summed E-state index contributed by atoms with van der Waals surface area (Å²) in [6.45, 7) is 9.27. The third kappa shape index (κ3) is 4.35. The van der Waals surface area contributed by atoms with E-state index in [1.165, 1.54) is 6.07 Å². The van der Waals surface area contributed by atoms with Crippen molar-refractivity contribution in [3.8, 4) is 28.5 Å². The molecular weight excluding hydrogens is 454 g/mol.